The second kappa shape index (κ2) is 7.75. The molecule has 3 rings (SSSR count). The van der Waals surface area contributed by atoms with Crippen LogP contribution in [0.25, 0.3) is 11.5 Å². The van der Waals surface area contributed by atoms with Crippen LogP contribution in [0.4, 0.5) is 18.9 Å². The molecule has 0 saturated carbocycles. The number of nitriles is 1. The Kier molecular flexibility index (Phi) is 5.39. The van der Waals surface area contributed by atoms with Crippen molar-refractivity contribution in [1.29, 1.82) is 5.26 Å². The predicted octanol–water partition coefficient (Wildman–Crippen LogP) is 4.30. The molecular formula is C17H10ClF3N4O3. The molecule has 0 amide bonds. The molecule has 0 aliphatic heterocycles. The first-order valence-corrected chi connectivity index (χ1v) is 7.99. The number of hydrazine groups is 1. The molecule has 11 heteroatoms. The van der Waals surface area contributed by atoms with Gasteiger partial charge in [-0.2, -0.15) is 18.4 Å². The van der Waals surface area contributed by atoms with Gasteiger partial charge in [0.25, 0.3) is 0 Å². The Morgan fingerprint density at radius 2 is 2.04 bits per heavy atom. The maximum Gasteiger partial charge on any atom is 0.416 e. The minimum Gasteiger partial charge on any atom is -0.461 e. The second-order valence-electron chi connectivity index (χ2n) is 5.48. The molecule has 0 spiro atoms. The zero-order chi connectivity index (χ0) is 20.3. The zero-order valence-electron chi connectivity index (χ0n) is 13.7. The number of hydrogen-bond acceptors (Lipinski definition) is 7. The van der Waals surface area contributed by atoms with Gasteiger partial charge in [-0.05, 0) is 30.3 Å². The molecule has 1 unspecified atom stereocenters. The maximum absolute atomic E-state index is 12.8. The van der Waals surface area contributed by atoms with Crippen LogP contribution >= 0.6 is 11.6 Å². The average molecular weight is 411 g/mol. The van der Waals surface area contributed by atoms with Gasteiger partial charge in [0, 0.05) is 11.1 Å². The molecule has 2 heterocycles. The van der Waals surface area contributed by atoms with E-state index in [-0.39, 0.29) is 22.2 Å². The maximum atomic E-state index is 12.8. The summed E-state index contributed by atoms with van der Waals surface area (Å²) in [6, 6.07) is 7.46. The van der Waals surface area contributed by atoms with Crippen molar-refractivity contribution >= 4 is 23.1 Å². The van der Waals surface area contributed by atoms with E-state index in [0.717, 1.165) is 12.1 Å². The molecule has 0 saturated heterocycles. The summed E-state index contributed by atoms with van der Waals surface area (Å²) in [7, 11) is 0. The van der Waals surface area contributed by atoms with Gasteiger partial charge < -0.3 is 14.4 Å². The first-order chi connectivity index (χ1) is 13.3. The van der Waals surface area contributed by atoms with Gasteiger partial charge in [0.2, 0.25) is 11.5 Å². The number of nitrogens with zero attached hydrogens (tertiary/aromatic N) is 2. The second-order valence-corrected chi connectivity index (χ2v) is 5.91. The molecule has 3 aromatic rings. The summed E-state index contributed by atoms with van der Waals surface area (Å²) in [5, 5.41) is 12.6. The predicted molar refractivity (Wildman–Crippen MR) is 91.1 cm³/mol. The van der Waals surface area contributed by atoms with Crippen LogP contribution in [0, 0.1) is 11.3 Å². The van der Waals surface area contributed by atoms with Crippen LogP contribution in [0.5, 0.6) is 0 Å². The van der Waals surface area contributed by atoms with Crippen molar-refractivity contribution in [1.82, 2.24) is 10.6 Å². The van der Waals surface area contributed by atoms with Crippen molar-refractivity contribution in [3.63, 3.8) is 0 Å². The standard InChI is InChI=1S/C17H10ClF3N4O3/c18-10-4-9(17(19,20)21)5-11(6-10)23-24-13(8-22)16(26)12-7-15(28-25-12)14-2-1-3-27-14/h1-7,13,23-24H. The van der Waals surface area contributed by atoms with Gasteiger partial charge in [-0.25, -0.2) is 5.43 Å². The van der Waals surface area contributed by atoms with E-state index < -0.39 is 23.6 Å². The lowest BCUT2D eigenvalue weighted by Crippen LogP contribution is -2.39. The van der Waals surface area contributed by atoms with Crippen molar-refractivity contribution in [2.24, 2.45) is 0 Å². The molecule has 28 heavy (non-hydrogen) atoms. The molecular weight excluding hydrogens is 401 g/mol. The van der Waals surface area contributed by atoms with Crippen LogP contribution < -0.4 is 10.9 Å². The number of Topliss-reactive ketones (excluding diaryl/α,β-unsaturated/α-hetero) is 1. The van der Waals surface area contributed by atoms with Crippen molar-refractivity contribution in [2.45, 2.75) is 12.2 Å². The largest absolute Gasteiger partial charge is 0.461 e. The lowest BCUT2D eigenvalue weighted by molar-refractivity contribution is -0.137. The summed E-state index contributed by atoms with van der Waals surface area (Å²) < 4.78 is 48.6. The van der Waals surface area contributed by atoms with E-state index in [2.05, 4.69) is 16.0 Å². The van der Waals surface area contributed by atoms with Crippen LogP contribution in [0.1, 0.15) is 16.1 Å². The van der Waals surface area contributed by atoms with Crippen LogP contribution in [0.15, 0.2) is 51.6 Å². The molecule has 1 atom stereocenters. The van der Waals surface area contributed by atoms with Crippen molar-refractivity contribution in [3.8, 4) is 17.6 Å². The van der Waals surface area contributed by atoms with Gasteiger partial charge in [-0.3, -0.25) is 4.79 Å². The quantitative estimate of drug-likeness (QED) is 0.461. The fraction of sp³-hybridized carbons (Fsp3) is 0.118. The Bertz CT molecular complexity index is 1030. The van der Waals surface area contributed by atoms with E-state index in [4.69, 9.17) is 20.5 Å². The first-order valence-electron chi connectivity index (χ1n) is 7.61. The molecule has 0 radical (unpaired) electrons. The Labute approximate surface area is 160 Å². The van der Waals surface area contributed by atoms with Crippen molar-refractivity contribution in [3.05, 3.63) is 58.9 Å². The van der Waals surface area contributed by atoms with E-state index in [1.54, 1.807) is 18.2 Å². The van der Waals surface area contributed by atoms with Gasteiger partial charge in [0.1, 0.15) is 0 Å². The summed E-state index contributed by atoms with van der Waals surface area (Å²) in [5.41, 5.74) is 3.50. The van der Waals surface area contributed by atoms with E-state index in [1.807, 2.05) is 0 Å². The summed E-state index contributed by atoms with van der Waals surface area (Å²) in [6.07, 6.45) is -3.20. The molecule has 1 aromatic carbocycles. The number of carbonyl (C=O) groups is 1. The number of alkyl halides is 3. The lowest BCUT2D eigenvalue weighted by Gasteiger charge is -2.14. The molecule has 0 fully saturated rings. The topological polar surface area (TPSA) is 104 Å². The molecule has 7 nitrogen and oxygen atoms in total. The fourth-order valence-electron chi connectivity index (χ4n) is 2.21. The Balaban J connectivity index is 1.72. The third kappa shape index (κ3) is 4.33. The summed E-state index contributed by atoms with van der Waals surface area (Å²) >= 11 is 5.68. The van der Waals surface area contributed by atoms with Crippen LogP contribution in [-0.2, 0) is 6.18 Å². The lowest BCUT2D eigenvalue weighted by atomic mass is 10.1. The molecule has 0 aliphatic rings. The number of aromatic nitrogens is 1. The van der Waals surface area contributed by atoms with Gasteiger partial charge in [-0.15, -0.1) is 0 Å². The number of benzene rings is 1. The Morgan fingerprint density at radius 3 is 2.68 bits per heavy atom. The van der Waals surface area contributed by atoms with Gasteiger partial charge in [0.05, 0.1) is 23.6 Å². The number of carbonyl (C=O) groups excluding carboxylic acids is 1. The van der Waals surface area contributed by atoms with Crippen molar-refractivity contribution in [2.75, 3.05) is 5.43 Å². The highest BCUT2D eigenvalue weighted by Gasteiger charge is 2.31. The molecule has 0 aliphatic carbocycles. The summed E-state index contributed by atoms with van der Waals surface area (Å²) in [6.45, 7) is 0. The van der Waals surface area contributed by atoms with Gasteiger partial charge >= 0.3 is 6.18 Å². The number of rotatable bonds is 6. The molecule has 2 N–H and O–H groups in total. The Morgan fingerprint density at radius 1 is 1.25 bits per heavy atom. The smallest absolute Gasteiger partial charge is 0.416 e. The number of halogens is 4. The van der Waals surface area contributed by atoms with Gasteiger partial charge in [0.15, 0.2) is 17.5 Å². The minimum absolute atomic E-state index is 0.0793. The number of hydrogen-bond donors (Lipinski definition) is 2. The number of furan rings is 1. The molecule has 144 valence electrons. The van der Waals surface area contributed by atoms with Crippen LogP contribution in [0.2, 0.25) is 5.02 Å². The Hall–Kier alpha value is -3.29. The third-order valence-corrected chi connectivity index (χ3v) is 3.72. The molecule has 0 bridgehead atoms. The SMILES string of the molecule is N#CC(NNc1cc(Cl)cc(C(F)(F)F)c1)C(=O)c1cc(-c2ccco2)on1. The number of anilines is 1. The molecule has 2 aromatic heterocycles. The highest BCUT2D eigenvalue weighted by Crippen LogP contribution is 2.33. The highest BCUT2D eigenvalue weighted by atomic mass is 35.5. The summed E-state index contributed by atoms with van der Waals surface area (Å²) in [4.78, 5) is 12.4. The van der Waals surface area contributed by atoms with Crippen LogP contribution in [-0.4, -0.2) is 17.0 Å². The highest BCUT2D eigenvalue weighted by molar-refractivity contribution is 6.30. The van der Waals surface area contributed by atoms with E-state index in [0.29, 0.717) is 5.76 Å². The zero-order valence-corrected chi connectivity index (χ0v) is 14.5. The van der Waals surface area contributed by atoms with Crippen molar-refractivity contribution < 1.29 is 26.9 Å². The first kappa shape index (κ1) is 19.5. The van der Waals surface area contributed by atoms with E-state index in [1.165, 1.54) is 18.4 Å². The summed E-state index contributed by atoms with van der Waals surface area (Å²) in [5.74, 6) is -0.234. The average Bonchev–Trinajstić information content (AvgIpc) is 3.32. The van der Waals surface area contributed by atoms with E-state index in [9.17, 15) is 23.2 Å². The van der Waals surface area contributed by atoms with E-state index >= 15 is 0 Å². The third-order valence-electron chi connectivity index (χ3n) is 3.50. The van der Waals surface area contributed by atoms with Crippen LogP contribution in [0.3, 0.4) is 0 Å². The fourth-order valence-corrected chi connectivity index (χ4v) is 2.45. The normalized spacial score (nSPS) is 12.4. The van der Waals surface area contributed by atoms with Gasteiger partial charge in [-0.1, -0.05) is 16.8 Å². The number of ketones is 1. The monoisotopic (exact) mass is 410 g/mol. The number of nitrogens with one attached hydrogen (secondary N) is 2. The minimum atomic E-state index is -4.60.